The Morgan fingerprint density at radius 2 is 2.08 bits per heavy atom. The molecule has 0 saturated carbocycles. The van der Waals surface area contributed by atoms with Gasteiger partial charge in [-0.2, -0.15) is 0 Å². The summed E-state index contributed by atoms with van der Waals surface area (Å²) in [6.45, 7) is 5.80. The summed E-state index contributed by atoms with van der Waals surface area (Å²) in [6, 6.07) is 11.0. The molecule has 1 aromatic carbocycles. The van der Waals surface area contributed by atoms with E-state index in [1.165, 1.54) is 16.3 Å². The fourth-order valence-corrected chi connectivity index (χ4v) is 3.39. The minimum absolute atomic E-state index is 0.0417. The molecule has 1 aliphatic heterocycles. The molecule has 1 amide bonds. The number of nitrogens with zero attached hydrogens (tertiary/aromatic N) is 2. The molecule has 1 aromatic heterocycles. The van der Waals surface area contributed by atoms with Crippen LogP contribution in [-0.2, 0) is 4.79 Å². The van der Waals surface area contributed by atoms with Crippen molar-refractivity contribution in [2.45, 2.75) is 37.0 Å². The zero-order valence-electron chi connectivity index (χ0n) is 13.8. The summed E-state index contributed by atoms with van der Waals surface area (Å²) in [7, 11) is 0. The van der Waals surface area contributed by atoms with Crippen LogP contribution in [0.5, 0.6) is 0 Å². The monoisotopic (exact) mass is 341 g/mol. The number of pyridine rings is 1. The van der Waals surface area contributed by atoms with Gasteiger partial charge in [-0.05, 0) is 51.1 Å². The lowest BCUT2D eigenvalue weighted by Gasteiger charge is -2.21. The van der Waals surface area contributed by atoms with E-state index in [4.69, 9.17) is 0 Å². The van der Waals surface area contributed by atoms with Crippen molar-refractivity contribution in [3.05, 3.63) is 53.6 Å². The minimum atomic E-state index is -0.171. The van der Waals surface area contributed by atoms with Crippen LogP contribution in [0.15, 0.2) is 52.5 Å². The van der Waals surface area contributed by atoms with Gasteiger partial charge in [-0.25, -0.2) is 0 Å². The highest BCUT2D eigenvalue weighted by atomic mass is 32.2. The van der Waals surface area contributed by atoms with E-state index in [1.807, 2.05) is 39.0 Å². The normalized spacial score (nSPS) is 17.6. The molecule has 6 heteroatoms. The maximum absolute atomic E-state index is 12.9. The Balaban J connectivity index is 2.01. The van der Waals surface area contributed by atoms with Crippen molar-refractivity contribution in [2.75, 3.05) is 5.32 Å². The van der Waals surface area contributed by atoms with Gasteiger partial charge in [-0.15, -0.1) is 11.8 Å². The van der Waals surface area contributed by atoms with Crippen LogP contribution in [0, 0.1) is 0 Å². The predicted molar refractivity (Wildman–Crippen MR) is 95.3 cm³/mol. The van der Waals surface area contributed by atoms with E-state index in [0.29, 0.717) is 16.7 Å². The highest BCUT2D eigenvalue weighted by Gasteiger charge is 2.24. The SMILES string of the molecule is CC(C)N=c1ccccn1C(=O)c1ccc2c(c1)NC(=O)C(C)S2. The Hall–Kier alpha value is -2.34. The van der Waals surface area contributed by atoms with Crippen LogP contribution >= 0.6 is 11.8 Å². The van der Waals surface area contributed by atoms with Crippen LogP contribution in [0.25, 0.3) is 0 Å². The van der Waals surface area contributed by atoms with Gasteiger partial charge in [0.05, 0.1) is 10.9 Å². The first kappa shape index (κ1) is 16.5. The average Bonchev–Trinajstić information content (AvgIpc) is 2.55. The van der Waals surface area contributed by atoms with Gasteiger partial charge in [0, 0.05) is 22.7 Å². The molecule has 0 aliphatic carbocycles. The molecule has 0 saturated heterocycles. The van der Waals surface area contributed by atoms with E-state index in [9.17, 15) is 9.59 Å². The summed E-state index contributed by atoms with van der Waals surface area (Å²) in [4.78, 5) is 30.2. The molecule has 24 heavy (non-hydrogen) atoms. The van der Waals surface area contributed by atoms with Crippen LogP contribution < -0.4 is 10.8 Å². The highest BCUT2D eigenvalue weighted by molar-refractivity contribution is 8.00. The summed E-state index contributed by atoms with van der Waals surface area (Å²) in [5.74, 6) is -0.212. The van der Waals surface area contributed by atoms with Gasteiger partial charge in [0.25, 0.3) is 5.91 Å². The van der Waals surface area contributed by atoms with E-state index in [2.05, 4.69) is 10.3 Å². The quantitative estimate of drug-likeness (QED) is 0.913. The molecule has 2 heterocycles. The third-order valence-corrected chi connectivity index (χ3v) is 4.78. The number of rotatable bonds is 2. The molecule has 1 aliphatic rings. The lowest BCUT2D eigenvalue weighted by atomic mass is 10.1. The van der Waals surface area contributed by atoms with Gasteiger partial charge in [0.1, 0.15) is 5.49 Å². The van der Waals surface area contributed by atoms with Gasteiger partial charge in [0.2, 0.25) is 5.91 Å². The van der Waals surface area contributed by atoms with E-state index in [0.717, 1.165) is 4.90 Å². The molecule has 0 fully saturated rings. The number of carbonyl (C=O) groups is 2. The number of hydrogen-bond acceptors (Lipinski definition) is 4. The fraction of sp³-hybridized carbons (Fsp3) is 0.278. The summed E-state index contributed by atoms with van der Waals surface area (Å²) in [5.41, 5.74) is 1.82. The Bertz CT molecular complexity index is 871. The highest BCUT2D eigenvalue weighted by Crippen LogP contribution is 2.35. The molecular formula is C18H19N3O2S. The second-order valence-electron chi connectivity index (χ2n) is 5.92. The smallest absolute Gasteiger partial charge is 0.263 e. The van der Waals surface area contributed by atoms with Gasteiger partial charge in [0.15, 0.2) is 0 Å². The Kier molecular flexibility index (Phi) is 4.57. The van der Waals surface area contributed by atoms with Crippen LogP contribution in [0.4, 0.5) is 5.69 Å². The van der Waals surface area contributed by atoms with E-state index >= 15 is 0 Å². The molecular weight excluding hydrogens is 322 g/mol. The standard InChI is InChI=1S/C18H19N3O2S/c1-11(2)19-16-6-4-5-9-21(16)18(23)13-7-8-15-14(10-13)20-17(22)12(3)24-15/h4-12H,1-3H3,(H,20,22). The molecule has 3 rings (SSSR count). The molecule has 0 bridgehead atoms. The van der Waals surface area contributed by atoms with Crippen LogP contribution in [0.2, 0.25) is 0 Å². The second-order valence-corrected chi connectivity index (χ2v) is 7.30. The van der Waals surface area contributed by atoms with Gasteiger partial charge in [-0.3, -0.25) is 19.1 Å². The van der Waals surface area contributed by atoms with Gasteiger partial charge < -0.3 is 5.32 Å². The molecule has 0 spiro atoms. The fourth-order valence-electron chi connectivity index (χ4n) is 2.46. The van der Waals surface area contributed by atoms with Crippen molar-refractivity contribution in [1.82, 2.24) is 4.57 Å². The number of thioether (sulfide) groups is 1. The Morgan fingerprint density at radius 1 is 1.29 bits per heavy atom. The molecule has 2 aromatic rings. The molecule has 1 N–H and O–H groups in total. The third-order valence-electron chi connectivity index (χ3n) is 3.60. The first-order valence-corrected chi connectivity index (χ1v) is 8.71. The van der Waals surface area contributed by atoms with Gasteiger partial charge in [-0.1, -0.05) is 6.07 Å². The zero-order chi connectivity index (χ0) is 17.3. The van der Waals surface area contributed by atoms with Crippen molar-refractivity contribution in [1.29, 1.82) is 0 Å². The summed E-state index contributed by atoms with van der Waals surface area (Å²) in [5, 5.41) is 2.73. The summed E-state index contributed by atoms with van der Waals surface area (Å²) >= 11 is 1.50. The second kappa shape index (κ2) is 6.65. The number of fused-ring (bicyclic) bond motifs is 1. The minimum Gasteiger partial charge on any atom is -0.324 e. The predicted octanol–water partition coefficient (Wildman–Crippen LogP) is 2.92. The lowest BCUT2D eigenvalue weighted by molar-refractivity contribution is -0.115. The Morgan fingerprint density at radius 3 is 2.83 bits per heavy atom. The molecule has 0 radical (unpaired) electrons. The molecule has 1 atom stereocenters. The van der Waals surface area contributed by atoms with Crippen LogP contribution in [-0.4, -0.2) is 27.7 Å². The van der Waals surface area contributed by atoms with Crippen molar-refractivity contribution in [3.8, 4) is 0 Å². The van der Waals surface area contributed by atoms with Gasteiger partial charge >= 0.3 is 0 Å². The van der Waals surface area contributed by atoms with E-state index < -0.39 is 0 Å². The summed E-state index contributed by atoms with van der Waals surface area (Å²) in [6.07, 6.45) is 1.71. The van der Waals surface area contributed by atoms with E-state index in [-0.39, 0.29) is 23.1 Å². The molecule has 1 unspecified atom stereocenters. The largest absolute Gasteiger partial charge is 0.324 e. The number of hydrogen-bond donors (Lipinski definition) is 1. The number of nitrogens with one attached hydrogen (secondary N) is 1. The van der Waals surface area contributed by atoms with Crippen molar-refractivity contribution < 1.29 is 9.59 Å². The summed E-state index contributed by atoms with van der Waals surface area (Å²) < 4.78 is 1.53. The lowest BCUT2D eigenvalue weighted by Crippen LogP contribution is -2.29. The maximum atomic E-state index is 12.9. The van der Waals surface area contributed by atoms with E-state index in [1.54, 1.807) is 24.4 Å². The number of anilines is 1. The molecule has 5 nitrogen and oxygen atoms in total. The third kappa shape index (κ3) is 3.28. The average molecular weight is 341 g/mol. The molecule has 124 valence electrons. The van der Waals surface area contributed by atoms with Crippen molar-refractivity contribution in [3.63, 3.8) is 0 Å². The Labute approximate surface area is 144 Å². The van der Waals surface area contributed by atoms with Crippen molar-refractivity contribution >= 4 is 29.3 Å². The van der Waals surface area contributed by atoms with Crippen LogP contribution in [0.1, 0.15) is 31.1 Å². The zero-order valence-corrected chi connectivity index (χ0v) is 14.6. The first-order chi connectivity index (χ1) is 11.5. The maximum Gasteiger partial charge on any atom is 0.263 e. The topological polar surface area (TPSA) is 63.5 Å². The first-order valence-electron chi connectivity index (χ1n) is 7.83. The number of benzene rings is 1. The number of carbonyl (C=O) groups excluding carboxylic acids is 2. The number of aromatic nitrogens is 1. The van der Waals surface area contributed by atoms with Crippen LogP contribution in [0.3, 0.4) is 0 Å². The number of amides is 1. The van der Waals surface area contributed by atoms with Crippen molar-refractivity contribution in [2.24, 2.45) is 4.99 Å².